The van der Waals surface area contributed by atoms with E-state index in [0.29, 0.717) is 24.5 Å². The maximum absolute atomic E-state index is 12.3. The molecule has 0 aromatic carbocycles. The maximum atomic E-state index is 12.3. The molecule has 6 heteroatoms. The fourth-order valence-corrected chi connectivity index (χ4v) is 2.28. The summed E-state index contributed by atoms with van der Waals surface area (Å²) >= 11 is 0. The largest absolute Gasteiger partial charge is 0.383 e. The van der Waals surface area contributed by atoms with Gasteiger partial charge in [0.25, 0.3) is 5.91 Å². The van der Waals surface area contributed by atoms with Crippen molar-refractivity contribution in [2.24, 2.45) is 7.05 Å². The molecule has 0 radical (unpaired) electrons. The van der Waals surface area contributed by atoms with Crippen LogP contribution in [0, 0.1) is 0 Å². The van der Waals surface area contributed by atoms with Gasteiger partial charge in [0.15, 0.2) is 0 Å². The van der Waals surface area contributed by atoms with Crippen molar-refractivity contribution in [1.29, 1.82) is 0 Å². The van der Waals surface area contributed by atoms with Gasteiger partial charge in [0.1, 0.15) is 11.4 Å². The van der Waals surface area contributed by atoms with E-state index in [9.17, 15) is 4.79 Å². The van der Waals surface area contributed by atoms with Gasteiger partial charge in [-0.3, -0.25) is 9.48 Å². The van der Waals surface area contributed by atoms with Crippen LogP contribution < -0.4 is 5.73 Å². The quantitative estimate of drug-likeness (QED) is 0.857. The Kier molecular flexibility index (Phi) is 3.86. The Labute approximate surface area is 107 Å². The Balaban J connectivity index is 2.07. The van der Waals surface area contributed by atoms with Crippen LogP contribution in [0.15, 0.2) is 6.20 Å². The zero-order valence-corrected chi connectivity index (χ0v) is 10.9. The number of hydrogen-bond donors (Lipinski definition) is 1. The standard InChI is InChI=1S/C12H20N4O2/c1-3-18-9-5-4-6-16(8-9)12(17)10-7-14-15(2)11(10)13/h7,9H,3-6,8,13H2,1-2H3. The van der Waals surface area contributed by atoms with Crippen LogP contribution in [0.25, 0.3) is 0 Å². The highest BCUT2D eigenvalue weighted by Gasteiger charge is 2.26. The van der Waals surface area contributed by atoms with E-state index in [1.54, 1.807) is 11.9 Å². The Morgan fingerprint density at radius 1 is 1.67 bits per heavy atom. The average molecular weight is 252 g/mol. The minimum Gasteiger partial charge on any atom is -0.383 e. The van der Waals surface area contributed by atoms with E-state index in [4.69, 9.17) is 10.5 Å². The molecule has 1 unspecified atom stereocenters. The van der Waals surface area contributed by atoms with Gasteiger partial charge in [-0.25, -0.2) is 0 Å². The van der Waals surface area contributed by atoms with Crippen LogP contribution in [0.3, 0.4) is 0 Å². The topological polar surface area (TPSA) is 73.4 Å². The number of likely N-dealkylation sites (tertiary alicyclic amines) is 1. The zero-order chi connectivity index (χ0) is 13.1. The lowest BCUT2D eigenvalue weighted by Gasteiger charge is -2.32. The lowest BCUT2D eigenvalue weighted by molar-refractivity contribution is 0.00728. The summed E-state index contributed by atoms with van der Waals surface area (Å²) in [6, 6.07) is 0. The molecule has 1 amide bonds. The minimum absolute atomic E-state index is 0.0509. The molecule has 0 saturated carbocycles. The highest BCUT2D eigenvalue weighted by Crippen LogP contribution is 2.18. The molecule has 0 aliphatic carbocycles. The van der Waals surface area contributed by atoms with Crippen LogP contribution in [-0.2, 0) is 11.8 Å². The van der Waals surface area contributed by atoms with Crippen molar-refractivity contribution in [2.45, 2.75) is 25.9 Å². The molecule has 1 aliphatic heterocycles. The Bertz CT molecular complexity index is 428. The molecule has 2 N–H and O–H groups in total. The fourth-order valence-electron chi connectivity index (χ4n) is 2.28. The van der Waals surface area contributed by atoms with Crippen LogP contribution in [0.5, 0.6) is 0 Å². The number of carbonyl (C=O) groups is 1. The van der Waals surface area contributed by atoms with Gasteiger partial charge in [0.05, 0.1) is 12.3 Å². The van der Waals surface area contributed by atoms with Gasteiger partial charge < -0.3 is 15.4 Å². The van der Waals surface area contributed by atoms with E-state index in [2.05, 4.69) is 5.10 Å². The van der Waals surface area contributed by atoms with E-state index in [0.717, 1.165) is 19.4 Å². The Morgan fingerprint density at radius 3 is 3.06 bits per heavy atom. The second kappa shape index (κ2) is 5.39. The molecular weight excluding hydrogens is 232 g/mol. The molecule has 0 bridgehead atoms. The summed E-state index contributed by atoms with van der Waals surface area (Å²) in [5.74, 6) is 0.364. The number of nitrogens with two attached hydrogens (primary N) is 1. The molecule has 1 aromatic rings. The van der Waals surface area contributed by atoms with Crippen molar-refractivity contribution in [3.63, 3.8) is 0 Å². The molecule has 1 fully saturated rings. The zero-order valence-electron chi connectivity index (χ0n) is 10.9. The SMILES string of the molecule is CCOC1CCCN(C(=O)c2cnn(C)c2N)C1. The lowest BCUT2D eigenvalue weighted by atomic mass is 10.1. The first-order valence-electron chi connectivity index (χ1n) is 6.31. The molecule has 1 aliphatic rings. The minimum atomic E-state index is -0.0509. The van der Waals surface area contributed by atoms with Crippen LogP contribution >= 0.6 is 0 Å². The molecule has 2 rings (SSSR count). The third kappa shape index (κ3) is 2.48. The van der Waals surface area contributed by atoms with Gasteiger partial charge in [-0.2, -0.15) is 5.10 Å². The number of nitrogen functional groups attached to an aromatic ring is 1. The summed E-state index contributed by atoms with van der Waals surface area (Å²) in [5.41, 5.74) is 6.31. The predicted molar refractivity (Wildman–Crippen MR) is 68.2 cm³/mol. The van der Waals surface area contributed by atoms with E-state index >= 15 is 0 Å². The van der Waals surface area contributed by atoms with Crippen LogP contribution in [-0.4, -0.2) is 46.4 Å². The third-order valence-corrected chi connectivity index (χ3v) is 3.28. The molecule has 1 saturated heterocycles. The van der Waals surface area contributed by atoms with Gasteiger partial charge in [0.2, 0.25) is 0 Å². The van der Waals surface area contributed by atoms with E-state index in [1.165, 1.54) is 10.9 Å². The number of aromatic nitrogens is 2. The maximum Gasteiger partial charge on any atom is 0.259 e. The normalized spacial score (nSPS) is 20.1. The number of carbonyl (C=O) groups excluding carboxylic acids is 1. The molecule has 6 nitrogen and oxygen atoms in total. The highest BCUT2D eigenvalue weighted by molar-refractivity contribution is 5.98. The summed E-state index contributed by atoms with van der Waals surface area (Å²) in [6.45, 7) is 4.05. The van der Waals surface area contributed by atoms with Gasteiger partial charge in [-0.1, -0.05) is 0 Å². The number of amides is 1. The van der Waals surface area contributed by atoms with Crippen molar-refractivity contribution in [3.8, 4) is 0 Å². The number of ether oxygens (including phenoxy) is 1. The summed E-state index contributed by atoms with van der Waals surface area (Å²) in [7, 11) is 1.73. The number of anilines is 1. The van der Waals surface area contributed by atoms with E-state index < -0.39 is 0 Å². The van der Waals surface area contributed by atoms with Crippen molar-refractivity contribution >= 4 is 11.7 Å². The first-order chi connectivity index (χ1) is 8.63. The van der Waals surface area contributed by atoms with Crippen LogP contribution in [0.1, 0.15) is 30.1 Å². The summed E-state index contributed by atoms with van der Waals surface area (Å²) in [4.78, 5) is 14.1. The first-order valence-corrected chi connectivity index (χ1v) is 6.31. The number of rotatable bonds is 3. The Hall–Kier alpha value is -1.56. The molecule has 0 spiro atoms. The molecule has 1 aromatic heterocycles. The van der Waals surface area contributed by atoms with Crippen molar-refractivity contribution in [2.75, 3.05) is 25.4 Å². The molecule has 1 atom stereocenters. The molecule has 100 valence electrons. The summed E-state index contributed by atoms with van der Waals surface area (Å²) < 4.78 is 7.10. The van der Waals surface area contributed by atoms with Crippen molar-refractivity contribution in [3.05, 3.63) is 11.8 Å². The highest BCUT2D eigenvalue weighted by atomic mass is 16.5. The third-order valence-electron chi connectivity index (χ3n) is 3.28. The number of aryl methyl sites for hydroxylation is 1. The smallest absolute Gasteiger partial charge is 0.259 e. The van der Waals surface area contributed by atoms with Crippen LogP contribution in [0.4, 0.5) is 5.82 Å². The van der Waals surface area contributed by atoms with E-state index in [-0.39, 0.29) is 12.0 Å². The monoisotopic (exact) mass is 252 g/mol. The van der Waals surface area contributed by atoms with Gasteiger partial charge in [-0.05, 0) is 19.8 Å². The predicted octanol–water partition coefficient (Wildman–Crippen LogP) is 0.643. The number of nitrogens with zero attached hydrogens (tertiary/aromatic N) is 3. The average Bonchev–Trinajstić information content (AvgIpc) is 2.70. The molecule has 2 heterocycles. The first kappa shape index (κ1) is 12.9. The molecular formula is C12H20N4O2. The van der Waals surface area contributed by atoms with Gasteiger partial charge in [0, 0.05) is 26.7 Å². The van der Waals surface area contributed by atoms with E-state index in [1.807, 2.05) is 6.92 Å². The molecule has 18 heavy (non-hydrogen) atoms. The van der Waals surface area contributed by atoms with Gasteiger partial charge in [-0.15, -0.1) is 0 Å². The second-order valence-corrected chi connectivity index (χ2v) is 4.54. The second-order valence-electron chi connectivity index (χ2n) is 4.54. The van der Waals surface area contributed by atoms with Crippen molar-refractivity contribution < 1.29 is 9.53 Å². The fraction of sp³-hybridized carbons (Fsp3) is 0.667. The summed E-state index contributed by atoms with van der Waals surface area (Å²) in [5, 5.41) is 4.00. The Morgan fingerprint density at radius 2 is 2.44 bits per heavy atom. The lowest BCUT2D eigenvalue weighted by Crippen LogP contribution is -2.43. The number of hydrogen-bond acceptors (Lipinski definition) is 4. The number of piperidine rings is 1. The van der Waals surface area contributed by atoms with Gasteiger partial charge >= 0.3 is 0 Å². The van der Waals surface area contributed by atoms with Crippen molar-refractivity contribution in [1.82, 2.24) is 14.7 Å². The summed E-state index contributed by atoms with van der Waals surface area (Å²) in [6.07, 6.45) is 3.66. The van der Waals surface area contributed by atoms with Crippen LogP contribution in [0.2, 0.25) is 0 Å².